The van der Waals surface area contributed by atoms with Gasteiger partial charge in [0.15, 0.2) is 11.5 Å². The number of piperidine rings is 1. The Morgan fingerprint density at radius 1 is 1.23 bits per heavy atom. The quantitative estimate of drug-likeness (QED) is 0.560. The molecular weight excluding hydrogens is 338 g/mol. The second-order valence-corrected chi connectivity index (χ2v) is 6.22. The molecule has 2 rings (SSSR count). The zero-order chi connectivity index (χ0) is 18.9. The topological polar surface area (TPSA) is 85.3 Å². The number of hydrogen-bond donors (Lipinski definition) is 1. The highest BCUT2D eigenvalue weighted by Gasteiger charge is 2.27. The van der Waals surface area contributed by atoms with Crippen LogP contribution in [0.3, 0.4) is 0 Å². The van der Waals surface area contributed by atoms with E-state index in [0.29, 0.717) is 36.6 Å². The Hall–Kier alpha value is -2.28. The standard InChI is InChI=1S/C19H27NO6/c1-24-17-12-14(19(23)20-10-4-3-6-15(20)13-21)8-9-16(17)26-11-5-7-18(22)25-2/h8-9,12,15,21H,3-7,10-11,13H2,1-2H3/t15-/m0/s1. The van der Waals surface area contributed by atoms with Crippen LogP contribution in [0.25, 0.3) is 0 Å². The second-order valence-electron chi connectivity index (χ2n) is 6.22. The van der Waals surface area contributed by atoms with E-state index in [2.05, 4.69) is 4.74 Å². The molecule has 0 unspecified atom stereocenters. The highest BCUT2D eigenvalue weighted by Crippen LogP contribution is 2.30. The first-order chi connectivity index (χ1) is 12.6. The Morgan fingerprint density at radius 2 is 2.04 bits per heavy atom. The highest BCUT2D eigenvalue weighted by molar-refractivity contribution is 5.95. The van der Waals surface area contributed by atoms with Crippen molar-refractivity contribution in [3.63, 3.8) is 0 Å². The third kappa shape index (κ3) is 5.11. The summed E-state index contributed by atoms with van der Waals surface area (Å²) in [5.74, 6) is 0.596. The fraction of sp³-hybridized carbons (Fsp3) is 0.579. The number of methoxy groups -OCH3 is 2. The lowest BCUT2D eigenvalue weighted by Gasteiger charge is -2.34. The van der Waals surface area contributed by atoms with Gasteiger partial charge in [0.2, 0.25) is 0 Å². The van der Waals surface area contributed by atoms with Gasteiger partial charge in [-0.05, 0) is 43.9 Å². The smallest absolute Gasteiger partial charge is 0.305 e. The van der Waals surface area contributed by atoms with E-state index in [0.717, 1.165) is 19.3 Å². The lowest BCUT2D eigenvalue weighted by molar-refractivity contribution is -0.140. The molecule has 1 heterocycles. The fourth-order valence-corrected chi connectivity index (χ4v) is 3.04. The minimum absolute atomic E-state index is 0.0235. The van der Waals surface area contributed by atoms with E-state index in [1.807, 2.05) is 0 Å². The van der Waals surface area contributed by atoms with Gasteiger partial charge in [-0.25, -0.2) is 0 Å². The van der Waals surface area contributed by atoms with Gasteiger partial charge < -0.3 is 24.2 Å². The van der Waals surface area contributed by atoms with Crippen molar-refractivity contribution in [2.45, 2.75) is 38.1 Å². The minimum Gasteiger partial charge on any atom is -0.493 e. The molecule has 1 aliphatic rings. The van der Waals surface area contributed by atoms with E-state index >= 15 is 0 Å². The SMILES string of the molecule is COC(=O)CCCOc1ccc(C(=O)N2CCCC[C@H]2CO)cc1OC. The van der Waals surface area contributed by atoms with Crippen molar-refractivity contribution < 1.29 is 28.9 Å². The van der Waals surface area contributed by atoms with Crippen molar-refractivity contribution >= 4 is 11.9 Å². The number of esters is 1. The van der Waals surface area contributed by atoms with Gasteiger partial charge >= 0.3 is 5.97 Å². The largest absolute Gasteiger partial charge is 0.493 e. The highest BCUT2D eigenvalue weighted by atomic mass is 16.5. The summed E-state index contributed by atoms with van der Waals surface area (Å²) in [5, 5.41) is 9.51. The summed E-state index contributed by atoms with van der Waals surface area (Å²) in [6.45, 7) is 0.972. The van der Waals surface area contributed by atoms with Gasteiger partial charge in [-0.15, -0.1) is 0 Å². The summed E-state index contributed by atoms with van der Waals surface area (Å²) < 4.78 is 15.6. The molecule has 1 aliphatic heterocycles. The molecule has 7 nitrogen and oxygen atoms in total. The molecule has 1 N–H and O–H groups in total. The van der Waals surface area contributed by atoms with Gasteiger partial charge in [0.1, 0.15) is 0 Å². The average molecular weight is 365 g/mol. The van der Waals surface area contributed by atoms with Crippen molar-refractivity contribution in [3.8, 4) is 11.5 Å². The predicted molar refractivity (Wildman–Crippen MR) is 95.5 cm³/mol. The molecular formula is C19H27NO6. The zero-order valence-corrected chi connectivity index (χ0v) is 15.4. The Bertz CT molecular complexity index is 618. The number of hydrogen-bond acceptors (Lipinski definition) is 6. The maximum atomic E-state index is 12.8. The molecule has 0 bridgehead atoms. The van der Waals surface area contributed by atoms with E-state index in [1.54, 1.807) is 23.1 Å². The van der Waals surface area contributed by atoms with Gasteiger partial charge in [-0.1, -0.05) is 0 Å². The average Bonchev–Trinajstić information content (AvgIpc) is 2.70. The van der Waals surface area contributed by atoms with Crippen LogP contribution in [0.5, 0.6) is 11.5 Å². The summed E-state index contributed by atoms with van der Waals surface area (Å²) in [5.41, 5.74) is 0.504. The number of aliphatic hydroxyl groups excluding tert-OH is 1. The van der Waals surface area contributed by atoms with E-state index in [4.69, 9.17) is 9.47 Å². The first-order valence-electron chi connectivity index (χ1n) is 8.90. The van der Waals surface area contributed by atoms with Crippen LogP contribution in [0.15, 0.2) is 18.2 Å². The third-order valence-corrected chi connectivity index (χ3v) is 4.52. The number of likely N-dealkylation sites (tertiary alicyclic amines) is 1. The van der Waals surface area contributed by atoms with Gasteiger partial charge in [0, 0.05) is 18.5 Å². The number of ether oxygens (including phenoxy) is 3. The van der Waals surface area contributed by atoms with Crippen LogP contribution in [-0.2, 0) is 9.53 Å². The van der Waals surface area contributed by atoms with Crippen LogP contribution < -0.4 is 9.47 Å². The lowest BCUT2D eigenvalue weighted by atomic mass is 10.0. The number of nitrogens with zero attached hydrogens (tertiary/aromatic N) is 1. The van der Waals surface area contributed by atoms with Crippen molar-refractivity contribution in [2.75, 3.05) is 34.0 Å². The zero-order valence-electron chi connectivity index (χ0n) is 15.4. The first-order valence-corrected chi connectivity index (χ1v) is 8.90. The molecule has 1 saturated heterocycles. The van der Waals surface area contributed by atoms with Crippen LogP contribution in [0.1, 0.15) is 42.5 Å². The van der Waals surface area contributed by atoms with Crippen LogP contribution in [0.2, 0.25) is 0 Å². The molecule has 0 saturated carbocycles. The molecule has 0 spiro atoms. The summed E-state index contributed by atoms with van der Waals surface area (Å²) in [4.78, 5) is 25.6. The van der Waals surface area contributed by atoms with Crippen molar-refractivity contribution in [1.82, 2.24) is 4.90 Å². The summed E-state index contributed by atoms with van der Waals surface area (Å²) in [6, 6.07) is 4.92. The van der Waals surface area contributed by atoms with Gasteiger partial charge in [0.25, 0.3) is 5.91 Å². The Morgan fingerprint density at radius 3 is 2.73 bits per heavy atom. The molecule has 1 amide bonds. The third-order valence-electron chi connectivity index (χ3n) is 4.52. The van der Waals surface area contributed by atoms with E-state index in [1.165, 1.54) is 14.2 Å². The number of benzene rings is 1. The molecule has 0 radical (unpaired) electrons. The molecule has 144 valence electrons. The molecule has 1 aromatic rings. The van der Waals surface area contributed by atoms with Crippen LogP contribution >= 0.6 is 0 Å². The predicted octanol–water partition coefficient (Wildman–Crippen LogP) is 2.01. The summed E-state index contributed by atoms with van der Waals surface area (Å²) in [6.07, 6.45) is 3.60. The van der Waals surface area contributed by atoms with Crippen molar-refractivity contribution in [3.05, 3.63) is 23.8 Å². The molecule has 0 aliphatic carbocycles. The van der Waals surface area contributed by atoms with Gasteiger partial charge in [0.05, 0.1) is 33.5 Å². The Labute approximate surface area is 153 Å². The van der Waals surface area contributed by atoms with Crippen molar-refractivity contribution in [2.24, 2.45) is 0 Å². The van der Waals surface area contributed by atoms with E-state index < -0.39 is 0 Å². The fourth-order valence-electron chi connectivity index (χ4n) is 3.04. The number of aliphatic hydroxyl groups is 1. The number of amides is 1. The Kier molecular flexibility index (Phi) is 7.72. The Balaban J connectivity index is 2.02. The number of carbonyl (C=O) groups is 2. The van der Waals surface area contributed by atoms with Crippen LogP contribution in [-0.4, -0.2) is 61.9 Å². The molecule has 1 aromatic carbocycles. The number of rotatable bonds is 8. The maximum absolute atomic E-state index is 12.8. The summed E-state index contributed by atoms with van der Waals surface area (Å²) in [7, 11) is 2.87. The van der Waals surface area contributed by atoms with Crippen LogP contribution in [0.4, 0.5) is 0 Å². The van der Waals surface area contributed by atoms with Crippen molar-refractivity contribution in [1.29, 1.82) is 0 Å². The lowest BCUT2D eigenvalue weighted by Crippen LogP contribution is -2.45. The second kappa shape index (κ2) is 10.0. The van der Waals surface area contributed by atoms with E-state index in [9.17, 15) is 14.7 Å². The normalized spacial score (nSPS) is 16.9. The maximum Gasteiger partial charge on any atom is 0.305 e. The van der Waals surface area contributed by atoms with Gasteiger partial charge in [-0.2, -0.15) is 0 Å². The monoisotopic (exact) mass is 365 g/mol. The van der Waals surface area contributed by atoms with Crippen LogP contribution in [0, 0.1) is 0 Å². The van der Waals surface area contributed by atoms with E-state index in [-0.39, 0.29) is 30.9 Å². The minimum atomic E-state index is -0.276. The molecule has 0 aromatic heterocycles. The molecule has 7 heteroatoms. The first kappa shape index (κ1) is 20.0. The summed E-state index contributed by atoms with van der Waals surface area (Å²) >= 11 is 0. The van der Waals surface area contributed by atoms with Gasteiger partial charge in [-0.3, -0.25) is 9.59 Å². The molecule has 1 atom stereocenters. The molecule has 1 fully saturated rings. The molecule has 26 heavy (non-hydrogen) atoms. The number of carbonyl (C=O) groups excluding carboxylic acids is 2.